The van der Waals surface area contributed by atoms with Crippen LogP contribution in [0.1, 0.15) is 25.5 Å². The second kappa shape index (κ2) is 8.03. The molecule has 160 valence electrons. The molecule has 0 radical (unpaired) electrons. The van der Waals surface area contributed by atoms with E-state index in [0.29, 0.717) is 5.95 Å². The van der Waals surface area contributed by atoms with Crippen LogP contribution in [0.25, 0.3) is 33.5 Å². The molecule has 0 amide bonds. The molecule has 0 aliphatic carbocycles. The normalized spacial score (nSPS) is 16.5. The van der Waals surface area contributed by atoms with Crippen LogP contribution in [-0.2, 0) is 4.74 Å². The van der Waals surface area contributed by atoms with Crippen molar-refractivity contribution in [3.05, 3.63) is 42.5 Å². The maximum atomic E-state index is 6.05. The number of hydrogen-bond acceptors (Lipinski definition) is 6. The zero-order valence-electron chi connectivity index (χ0n) is 18.0. The topological polar surface area (TPSA) is 81.1 Å². The van der Waals surface area contributed by atoms with Crippen molar-refractivity contribution in [1.82, 2.24) is 25.0 Å². The molecule has 0 spiro atoms. The van der Waals surface area contributed by atoms with Crippen LogP contribution in [0.5, 0.6) is 5.75 Å². The number of methoxy groups -OCH3 is 1. The minimum absolute atomic E-state index is 0.0419. The summed E-state index contributed by atoms with van der Waals surface area (Å²) in [6.07, 6.45) is 3.17. The molecule has 31 heavy (non-hydrogen) atoms. The van der Waals surface area contributed by atoms with Gasteiger partial charge in [-0.15, -0.1) is 5.10 Å². The van der Waals surface area contributed by atoms with Crippen molar-refractivity contribution >= 4 is 16.9 Å². The molecule has 3 heterocycles. The van der Waals surface area contributed by atoms with Crippen LogP contribution in [-0.4, -0.2) is 52.8 Å². The highest BCUT2D eigenvalue weighted by molar-refractivity contribution is 5.95. The third kappa shape index (κ3) is 3.63. The molecule has 4 aromatic rings. The van der Waals surface area contributed by atoms with Gasteiger partial charge in [0.05, 0.1) is 12.6 Å². The highest BCUT2D eigenvalue weighted by Gasteiger charge is 2.22. The summed E-state index contributed by atoms with van der Waals surface area (Å²) in [7, 11) is 5.52. The van der Waals surface area contributed by atoms with E-state index in [9.17, 15) is 0 Å². The van der Waals surface area contributed by atoms with Gasteiger partial charge in [-0.05, 0) is 61.7 Å². The Morgan fingerprint density at radius 1 is 1.10 bits per heavy atom. The Morgan fingerprint density at radius 2 is 1.90 bits per heavy atom. The summed E-state index contributed by atoms with van der Waals surface area (Å²) in [5.41, 5.74) is 3.96. The number of H-pyrrole nitrogens is 1. The highest BCUT2D eigenvalue weighted by atomic mass is 16.5. The van der Waals surface area contributed by atoms with Crippen molar-refractivity contribution in [2.24, 2.45) is 0 Å². The number of fused-ring (bicyclic) bond motifs is 1. The number of aromatic nitrogens is 5. The van der Waals surface area contributed by atoms with Gasteiger partial charge in [-0.2, -0.15) is 10.1 Å². The quantitative estimate of drug-likeness (QED) is 0.522. The molecule has 1 unspecified atom stereocenters. The number of nitrogens with zero attached hydrogens (tertiary/aromatic N) is 5. The highest BCUT2D eigenvalue weighted by Crippen LogP contribution is 2.35. The number of nitrogens with one attached hydrogen (secondary N) is 1. The summed E-state index contributed by atoms with van der Waals surface area (Å²) >= 11 is 0. The van der Waals surface area contributed by atoms with E-state index in [1.807, 2.05) is 47.9 Å². The van der Waals surface area contributed by atoms with Gasteiger partial charge in [0.15, 0.2) is 12.1 Å². The van der Waals surface area contributed by atoms with E-state index in [2.05, 4.69) is 33.4 Å². The third-order valence-corrected chi connectivity index (χ3v) is 5.65. The van der Waals surface area contributed by atoms with Gasteiger partial charge in [-0.3, -0.25) is 5.10 Å². The third-order valence-electron chi connectivity index (χ3n) is 5.65. The van der Waals surface area contributed by atoms with Crippen molar-refractivity contribution in [2.75, 3.05) is 32.7 Å². The summed E-state index contributed by atoms with van der Waals surface area (Å²) in [6, 6.07) is 14.3. The minimum atomic E-state index is -0.0419. The molecule has 5 rings (SSSR count). The van der Waals surface area contributed by atoms with Gasteiger partial charge in [-0.1, -0.05) is 0 Å². The number of benzene rings is 2. The molecule has 0 bridgehead atoms. The lowest BCUT2D eigenvalue weighted by Gasteiger charge is -2.23. The van der Waals surface area contributed by atoms with Crippen molar-refractivity contribution in [3.8, 4) is 28.4 Å². The molecule has 1 atom stereocenters. The Balaban J connectivity index is 1.64. The second-order valence-corrected chi connectivity index (χ2v) is 7.95. The van der Waals surface area contributed by atoms with Crippen molar-refractivity contribution in [3.63, 3.8) is 0 Å². The minimum Gasteiger partial charge on any atom is -0.497 e. The smallest absolute Gasteiger partial charge is 0.244 e. The first-order valence-electron chi connectivity index (χ1n) is 10.5. The molecule has 1 aliphatic rings. The van der Waals surface area contributed by atoms with Gasteiger partial charge < -0.3 is 14.4 Å². The number of hydrogen-bond donors (Lipinski definition) is 1. The fourth-order valence-corrected chi connectivity index (χ4v) is 3.97. The van der Waals surface area contributed by atoms with Crippen molar-refractivity contribution < 1.29 is 9.47 Å². The SMILES string of the molecule is COc1ccc(-c2nn(C3CCCCO3)c3ccc(-c4nc(N(C)C)n[nH]4)cc23)cc1. The van der Waals surface area contributed by atoms with Crippen LogP contribution in [0.2, 0.25) is 0 Å². The van der Waals surface area contributed by atoms with Gasteiger partial charge in [0, 0.05) is 37.2 Å². The Kier molecular flexibility index (Phi) is 5.07. The molecule has 1 fully saturated rings. The first kappa shape index (κ1) is 19.6. The molecule has 8 heteroatoms. The first-order valence-corrected chi connectivity index (χ1v) is 10.5. The van der Waals surface area contributed by atoms with Crippen LogP contribution in [0.4, 0.5) is 5.95 Å². The van der Waals surface area contributed by atoms with Gasteiger partial charge >= 0.3 is 0 Å². The molecule has 8 nitrogen and oxygen atoms in total. The second-order valence-electron chi connectivity index (χ2n) is 7.95. The molecular weight excluding hydrogens is 392 g/mol. The van der Waals surface area contributed by atoms with E-state index >= 15 is 0 Å². The van der Waals surface area contributed by atoms with Crippen LogP contribution < -0.4 is 9.64 Å². The summed E-state index contributed by atoms with van der Waals surface area (Å²) in [6.45, 7) is 0.771. The van der Waals surface area contributed by atoms with E-state index in [4.69, 9.17) is 14.6 Å². The van der Waals surface area contributed by atoms with Crippen LogP contribution in [0, 0.1) is 0 Å². The maximum Gasteiger partial charge on any atom is 0.244 e. The van der Waals surface area contributed by atoms with E-state index in [-0.39, 0.29) is 6.23 Å². The first-order chi connectivity index (χ1) is 15.1. The van der Waals surface area contributed by atoms with Gasteiger partial charge in [-0.25, -0.2) is 4.68 Å². The van der Waals surface area contributed by atoms with E-state index < -0.39 is 0 Å². The van der Waals surface area contributed by atoms with E-state index in [0.717, 1.165) is 65.2 Å². The van der Waals surface area contributed by atoms with E-state index in [1.54, 1.807) is 7.11 Å². The number of aromatic amines is 1. The molecule has 2 aromatic heterocycles. The fraction of sp³-hybridized carbons (Fsp3) is 0.348. The summed E-state index contributed by atoms with van der Waals surface area (Å²) < 4.78 is 13.4. The van der Waals surface area contributed by atoms with Crippen LogP contribution in [0.3, 0.4) is 0 Å². The Hall–Kier alpha value is -3.39. The van der Waals surface area contributed by atoms with Gasteiger partial charge in [0.1, 0.15) is 11.4 Å². The van der Waals surface area contributed by atoms with Gasteiger partial charge in [0.25, 0.3) is 0 Å². The number of rotatable bonds is 5. The largest absolute Gasteiger partial charge is 0.497 e. The number of ether oxygens (including phenoxy) is 2. The van der Waals surface area contributed by atoms with E-state index in [1.165, 1.54) is 0 Å². The Morgan fingerprint density at radius 3 is 2.58 bits per heavy atom. The predicted molar refractivity (Wildman–Crippen MR) is 120 cm³/mol. The average Bonchev–Trinajstić information content (AvgIpc) is 3.45. The molecular formula is C23H26N6O2. The molecule has 1 saturated heterocycles. The molecule has 1 N–H and O–H groups in total. The maximum absolute atomic E-state index is 6.05. The van der Waals surface area contributed by atoms with Crippen LogP contribution >= 0.6 is 0 Å². The van der Waals surface area contributed by atoms with Crippen molar-refractivity contribution in [1.29, 1.82) is 0 Å². The summed E-state index contributed by atoms with van der Waals surface area (Å²) in [5.74, 6) is 2.20. The molecule has 0 saturated carbocycles. The van der Waals surface area contributed by atoms with Crippen molar-refractivity contribution in [2.45, 2.75) is 25.5 Å². The fourth-order valence-electron chi connectivity index (χ4n) is 3.97. The predicted octanol–water partition coefficient (Wildman–Crippen LogP) is 4.26. The lowest BCUT2D eigenvalue weighted by Crippen LogP contribution is -2.19. The lowest BCUT2D eigenvalue weighted by atomic mass is 10.0. The van der Waals surface area contributed by atoms with Crippen LogP contribution in [0.15, 0.2) is 42.5 Å². The monoisotopic (exact) mass is 418 g/mol. The number of anilines is 1. The zero-order valence-corrected chi connectivity index (χ0v) is 18.0. The zero-order chi connectivity index (χ0) is 21.4. The lowest BCUT2D eigenvalue weighted by molar-refractivity contribution is -0.0365. The van der Waals surface area contributed by atoms with Gasteiger partial charge in [0.2, 0.25) is 5.95 Å². The molecule has 1 aliphatic heterocycles. The summed E-state index contributed by atoms with van der Waals surface area (Å²) in [5, 5.41) is 13.4. The summed E-state index contributed by atoms with van der Waals surface area (Å²) in [4.78, 5) is 6.47. The average molecular weight is 419 g/mol. The molecule has 2 aromatic carbocycles. The standard InChI is InChI=1S/C23H26N6O2/c1-28(2)23-24-22(25-26-23)16-9-12-19-18(14-16)21(15-7-10-17(30-3)11-8-15)27-29(19)20-6-4-5-13-31-20/h7-12,14,20H,4-6,13H2,1-3H3,(H,24,25,26). The Bertz CT molecular complexity index is 1190. The Labute approximate surface area is 180 Å².